The number of rotatable bonds is 20. The van der Waals surface area contributed by atoms with Gasteiger partial charge >= 0.3 is 115 Å². The number of H-pyrrole nitrogens is 2. The number of benzene rings is 2. The number of aliphatic hydroxyl groups excluding tert-OH is 2. The van der Waals surface area contributed by atoms with Gasteiger partial charge in [-0.2, -0.15) is 22.7 Å². The number of alkyl halides is 3. The van der Waals surface area contributed by atoms with E-state index in [0.717, 1.165) is 32.5 Å². The molecule has 6 N–H and O–H groups in total. The second-order valence-electron chi connectivity index (χ2n) is 18.4. The van der Waals surface area contributed by atoms with E-state index in [-0.39, 0.29) is 162 Å². The van der Waals surface area contributed by atoms with Crippen LogP contribution in [0.3, 0.4) is 0 Å². The first-order chi connectivity index (χ1) is 40.1. The van der Waals surface area contributed by atoms with Gasteiger partial charge in [0.2, 0.25) is 10.0 Å². The number of fused-ring (bicyclic) bond motifs is 2. The van der Waals surface area contributed by atoms with Crippen LogP contribution in [0.4, 0.5) is 13.2 Å². The van der Waals surface area contributed by atoms with Crippen LogP contribution in [0.2, 0.25) is 0 Å². The first kappa shape index (κ1) is 81.2. The monoisotopic (exact) mass is 1340 g/mol. The number of aromatic nitrogens is 8. The number of carbonyl (C=O) groups excluding carboxylic acids is 1. The number of imidazole rings is 2. The zero-order valence-electron chi connectivity index (χ0n) is 51.1. The molecule has 0 atom stereocenters. The van der Waals surface area contributed by atoms with Crippen LogP contribution < -0.4 is 134 Å². The van der Waals surface area contributed by atoms with Crippen LogP contribution in [0.15, 0.2) is 55.8 Å². The minimum Gasteiger partial charge on any atom is -1.00 e. The summed E-state index contributed by atoms with van der Waals surface area (Å²) in [7, 11) is 1.66. The Balaban J connectivity index is 0.00000125. The summed E-state index contributed by atoms with van der Waals surface area (Å²) in [6.07, 6.45) is -2.10. The zero-order chi connectivity index (χ0) is 64.0. The fourth-order valence-corrected chi connectivity index (χ4v) is 10.4. The number of aliphatic carboxylic acids is 1. The molecule has 0 bridgehead atoms. The Hall–Kier alpha value is -3.86. The predicted molar refractivity (Wildman–Crippen MR) is 303 cm³/mol. The van der Waals surface area contributed by atoms with Gasteiger partial charge in [0.1, 0.15) is 23.1 Å². The van der Waals surface area contributed by atoms with Gasteiger partial charge in [0.25, 0.3) is 26.6 Å². The van der Waals surface area contributed by atoms with Gasteiger partial charge in [-0.05, 0) is 91.0 Å². The SMILES string of the molecule is CC#N.CCCc1nc(C)c2c(=O)[nH]c(-c3cc(S(=O)(=O)Cl)ccc3OCC)nn12.CCCc1nc(C)c2c(=O)[nH]c(-c3cc(S(=O)(=O)N4CC(N(C)CCO)C4)ccc3OCC)nn12.CN(CCO)C1CNC1.O=C(O)C(F)(F)F.O=CO[O-].[H-].[K+].[K+]. The minimum absolute atomic E-state index is 0. The molecule has 2 aromatic carbocycles. The summed E-state index contributed by atoms with van der Waals surface area (Å²) in [6.45, 7) is 17.6. The molecular formula is C51H71ClF3K2N13O15S2. The first-order valence-corrected chi connectivity index (χ1v) is 30.0. The topological polar surface area (TPSA) is 386 Å². The number of halogens is 4. The van der Waals surface area contributed by atoms with E-state index in [4.69, 9.17) is 55.6 Å². The van der Waals surface area contributed by atoms with Crippen molar-refractivity contribution in [1.82, 2.24) is 58.6 Å². The Morgan fingerprint density at radius 2 is 1.20 bits per heavy atom. The smallest absolute Gasteiger partial charge is 1.00 e. The molecule has 36 heteroatoms. The Morgan fingerprint density at radius 3 is 1.52 bits per heavy atom. The molecular weight excluding hydrogens is 1270 g/mol. The molecule has 472 valence electrons. The van der Waals surface area contributed by atoms with Crippen LogP contribution in [0, 0.1) is 25.2 Å². The van der Waals surface area contributed by atoms with Gasteiger partial charge in [-0.3, -0.25) is 24.2 Å². The molecule has 6 heterocycles. The van der Waals surface area contributed by atoms with E-state index >= 15 is 0 Å². The number of nitrogens with zero attached hydrogens (tertiary/aromatic N) is 10. The maximum atomic E-state index is 13.3. The fourth-order valence-electron chi connectivity index (χ4n) is 8.06. The Morgan fingerprint density at radius 1 is 0.816 bits per heavy atom. The van der Waals surface area contributed by atoms with Crippen LogP contribution in [0.25, 0.3) is 33.8 Å². The van der Waals surface area contributed by atoms with E-state index in [2.05, 4.69) is 45.2 Å². The van der Waals surface area contributed by atoms with E-state index in [9.17, 15) is 39.6 Å². The molecule has 2 saturated heterocycles. The van der Waals surface area contributed by atoms with Crippen LogP contribution in [0.1, 0.15) is 71.9 Å². The number of nitrogens with one attached hydrogen (secondary N) is 3. The number of carboxylic acids is 1. The number of aromatic amines is 2. The largest absolute Gasteiger partial charge is 1.00 e. The molecule has 6 aromatic rings. The normalized spacial score (nSPS) is 13.1. The van der Waals surface area contributed by atoms with Crippen LogP contribution in [-0.2, 0) is 46.4 Å². The maximum absolute atomic E-state index is 13.3. The van der Waals surface area contributed by atoms with Crippen molar-refractivity contribution in [3.8, 4) is 40.3 Å². The third-order valence-corrected chi connectivity index (χ3v) is 15.6. The number of sulfonamides is 1. The molecule has 0 radical (unpaired) electrons. The number of likely N-dealkylation sites (N-methyl/N-ethyl adjacent to an activating group) is 2. The molecule has 0 spiro atoms. The van der Waals surface area contributed by atoms with E-state index in [1.165, 1.54) is 46.1 Å². The zero-order valence-corrected chi connectivity index (χ0v) is 58.8. The van der Waals surface area contributed by atoms with Crippen molar-refractivity contribution in [1.29, 1.82) is 5.26 Å². The molecule has 0 aliphatic carbocycles. The van der Waals surface area contributed by atoms with Gasteiger partial charge in [0.05, 0.1) is 64.8 Å². The van der Waals surface area contributed by atoms with Gasteiger partial charge in [0.15, 0.2) is 22.7 Å². The average molecular weight is 1340 g/mol. The molecule has 87 heavy (non-hydrogen) atoms. The average Bonchev–Trinajstić information content (AvgIpc) is 1.59. The van der Waals surface area contributed by atoms with Gasteiger partial charge in [0, 0.05) is 81.8 Å². The number of aryl methyl sites for hydroxylation is 4. The first-order valence-electron chi connectivity index (χ1n) is 26.2. The Labute approximate surface area is 591 Å². The quantitative estimate of drug-likeness (QED) is 0.0141. The van der Waals surface area contributed by atoms with Crippen molar-refractivity contribution in [2.45, 2.75) is 102 Å². The summed E-state index contributed by atoms with van der Waals surface area (Å²) in [5.41, 5.74) is 1.90. The van der Waals surface area contributed by atoms with E-state index in [1.54, 1.807) is 37.4 Å². The summed E-state index contributed by atoms with van der Waals surface area (Å²) in [6, 6.07) is 11.2. The molecule has 0 unspecified atom stereocenters. The second-order valence-corrected chi connectivity index (χ2v) is 22.9. The summed E-state index contributed by atoms with van der Waals surface area (Å²) in [5, 5.41) is 52.8. The number of hydrogen-bond donors (Lipinski definition) is 6. The maximum Gasteiger partial charge on any atom is 1.00 e. The summed E-state index contributed by atoms with van der Waals surface area (Å²) in [5.74, 6) is -0.226. The van der Waals surface area contributed by atoms with Gasteiger partial charge in [-0.25, -0.2) is 40.6 Å². The Bertz CT molecular complexity index is 3590. The van der Waals surface area contributed by atoms with E-state index in [0.29, 0.717) is 108 Å². The third kappa shape index (κ3) is 23.1. The van der Waals surface area contributed by atoms with Crippen molar-refractivity contribution in [2.24, 2.45) is 0 Å². The van der Waals surface area contributed by atoms with Gasteiger partial charge < -0.3 is 51.6 Å². The standard InChI is InChI=1S/C23H32N6O5S.C17H19ClN4O4S.C6H14N2O.C2HF3O2.C2H3N.CH2O3.2K.H/c1-5-7-20-24-15(3)21-23(31)25-22(26-29(20)21)18-12-17(8-9-19(18)34-6-2)35(32,33)28-13-16(14-28)27(4)10-11-30;1-4-6-14-19-10(3)15-17(23)20-16(21-22(14)15)12-9-11(27(18,24)25)7-8-13(12)26-5-2;1-8(2-3-9)6-4-7-5-6;3-2(4,5)1(6)7;1-2-3;2-1-4-3;;;/h8-9,12,16,30H,5-7,10-11,13-14H2,1-4H3,(H,25,26,31);7-9H,4-6H2,1-3H3,(H,20,21,23);6-7,9H,2-5H2,1H3;(H,6,7);1H3;1,3H;;;/q;;;;;;2*+1;-1/p-1. The van der Waals surface area contributed by atoms with Crippen molar-refractivity contribution >= 4 is 53.2 Å². The molecule has 0 saturated carbocycles. The summed E-state index contributed by atoms with van der Waals surface area (Å²) < 4.78 is 97.6. The molecule has 0 amide bonds. The fraction of sp³-hybridized carbons (Fsp3) is 0.510. The van der Waals surface area contributed by atoms with Gasteiger partial charge in [-0.15, -0.1) is 10.2 Å². The van der Waals surface area contributed by atoms with Crippen molar-refractivity contribution in [2.75, 3.05) is 79.8 Å². The number of ether oxygens (including phenoxy) is 2. The molecule has 2 fully saturated rings. The number of hydrogen-bond acceptors (Lipinski definition) is 22. The second kappa shape index (κ2) is 38.7. The molecule has 8 rings (SSSR count). The van der Waals surface area contributed by atoms with Crippen LogP contribution in [-0.4, -0.2) is 196 Å². The molecule has 28 nitrogen and oxygen atoms in total. The number of aliphatic hydroxyl groups is 2. The molecule has 2 aliphatic rings. The van der Waals surface area contributed by atoms with Crippen molar-refractivity contribution < 1.29 is 179 Å². The molecule has 2 aliphatic heterocycles. The predicted octanol–water partition coefficient (Wildman–Crippen LogP) is -3.69. The minimum atomic E-state index is -5.08. The summed E-state index contributed by atoms with van der Waals surface area (Å²) in [4.78, 5) is 64.2. The molecule has 4 aromatic heterocycles. The van der Waals surface area contributed by atoms with Crippen molar-refractivity contribution in [3.63, 3.8) is 0 Å². The number of carboxylic acid groups (broad SMARTS) is 1. The number of carbonyl (C=O) groups is 2. The number of nitriles is 1. The van der Waals surface area contributed by atoms with E-state index in [1.807, 2.05) is 39.8 Å². The van der Waals surface area contributed by atoms with Crippen LogP contribution >= 0.6 is 10.7 Å². The summed E-state index contributed by atoms with van der Waals surface area (Å²) >= 11 is 0. The van der Waals surface area contributed by atoms with Gasteiger partial charge in [-0.1, -0.05) is 13.8 Å². The van der Waals surface area contributed by atoms with E-state index < -0.39 is 31.2 Å². The van der Waals surface area contributed by atoms with Crippen molar-refractivity contribution in [3.05, 3.63) is 80.1 Å². The van der Waals surface area contributed by atoms with Crippen LogP contribution in [0.5, 0.6) is 11.5 Å². The Kier molecular flexibility index (Phi) is 36.1. The third-order valence-electron chi connectivity index (χ3n) is 12.4.